The number of aliphatic imine (C=N–C) groups is 1. The van der Waals surface area contributed by atoms with Crippen molar-refractivity contribution in [1.82, 2.24) is 5.32 Å². The number of amidine groups is 1. The van der Waals surface area contributed by atoms with E-state index in [0.717, 1.165) is 27.8 Å². The molecular formula is C23H15I2N3O7S2. The molecule has 1 N–H and O–H groups in total. The summed E-state index contributed by atoms with van der Waals surface area (Å²) in [7, 11) is -2.94. The second kappa shape index (κ2) is 11.4. The molecule has 0 aliphatic carbocycles. The molecule has 0 radical (unpaired) electrons. The Morgan fingerprint density at radius 2 is 1.84 bits per heavy atom. The molecule has 0 saturated carbocycles. The van der Waals surface area contributed by atoms with Gasteiger partial charge in [0.05, 0.1) is 26.2 Å². The van der Waals surface area contributed by atoms with Crippen LogP contribution in [0.1, 0.15) is 5.56 Å². The van der Waals surface area contributed by atoms with E-state index in [9.17, 15) is 23.3 Å². The van der Waals surface area contributed by atoms with E-state index in [1.54, 1.807) is 18.2 Å². The normalized spacial score (nSPS) is 15.6. The Kier molecular flexibility index (Phi) is 8.39. The van der Waals surface area contributed by atoms with Gasteiger partial charge in [-0.25, -0.2) is 4.99 Å². The molecule has 0 unspecified atom stereocenters. The minimum Gasteiger partial charge on any atom is -0.493 e. The molecule has 1 aliphatic heterocycles. The van der Waals surface area contributed by atoms with Crippen LogP contribution in [0.25, 0.3) is 6.08 Å². The fourth-order valence-electron chi connectivity index (χ4n) is 3.09. The van der Waals surface area contributed by atoms with Gasteiger partial charge in [-0.3, -0.25) is 14.9 Å². The number of nitrogens with zero attached hydrogens (tertiary/aromatic N) is 2. The standard InChI is InChI=1S/C23H15I2N3O7S2/c1-34-19-10-13(11-20-22(29)27-23(36-20)26-15-4-2-3-14(24)12-15)9-18(25)21(19)35-37(32,33)17-7-5-16(6-8-17)28(30)31/h2-12H,1H3,(H,26,27,29)/b20-11+. The summed E-state index contributed by atoms with van der Waals surface area (Å²) in [5.41, 5.74) is 1.04. The smallest absolute Gasteiger partial charge is 0.339 e. The topological polar surface area (TPSA) is 137 Å². The molecule has 4 rings (SSSR count). The predicted molar refractivity (Wildman–Crippen MR) is 157 cm³/mol. The van der Waals surface area contributed by atoms with E-state index in [2.05, 4.69) is 32.9 Å². The van der Waals surface area contributed by atoms with Gasteiger partial charge in [0.2, 0.25) is 0 Å². The molecule has 0 bridgehead atoms. The monoisotopic (exact) mass is 763 g/mol. The summed E-state index contributed by atoms with van der Waals surface area (Å²) in [6.45, 7) is 0. The summed E-state index contributed by atoms with van der Waals surface area (Å²) < 4.78 is 37.7. The van der Waals surface area contributed by atoms with E-state index in [1.807, 2.05) is 46.9 Å². The number of non-ortho nitro benzene ring substituents is 1. The number of methoxy groups -OCH3 is 1. The highest BCUT2D eigenvalue weighted by molar-refractivity contribution is 14.1. The number of nitro benzene ring substituents is 1. The molecule has 1 fully saturated rings. The maximum atomic E-state index is 12.8. The molecule has 1 aliphatic rings. The fourth-order valence-corrected chi connectivity index (χ4v) is 6.30. The van der Waals surface area contributed by atoms with Crippen LogP contribution in [0.3, 0.4) is 0 Å². The highest BCUT2D eigenvalue weighted by Crippen LogP contribution is 2.38. The lowest BCUT2D eigenvalue weighted by atomic mass is 10.2. The highest BCUT2D eigenvalue weighted by atomic mass is 127. The first kappa shape index (κ1) is 27.3. The van der Waals surface area contributed by atoms with Crippen LogP contribution in [0, 0.1) is 17.3 Å². The third-order valence-corrected chi connectivity index (χ3v) is 8.39. The number of benzene rings is 3. The first-order valence-electron chi connectivity index (χ1n) is 10.2. The Hall–Kier alpha value is -2.70. The van der Waals surface area contributed by atoms with Crippen LogP contribution >= 0.6 is 56.9 Å². The van der Waals surface area contributed by atoms with Gasteiger partial charge in [0, 0.05) is 15.7 Å². The number of carbonyl (C=O) groups excluding carboxylic acids is 1. The number of thioether (sulfide) groups is 1. The van der Waals surface area contributed by atoms with Gasteiger partial charge in [0.1, 0.15) is 4.90 Å². The van der Waals surface area contributed by atoms with Gasteiger partial charge < -0.3 is 14.2 Å². The van der Waals surface area contributed by atoms with Gasteiger partial charge in [0.25, 0.3) is 11.6 Å². The van der Waals surface area contributed by atoms with Crippen molar-refractivity contribution in [2.75, 3.05) is 7.11 Å². The van der Waals surface area contributed by atoms with Crippen molar-refractivity contribution in [2.24, 2.45) is 4.99 Å². The molecule has 1 amide bonds. The number of hydrogen-bond donors (Lipinski definition) is 1. The molecule has 1 heterocycles. The molecule has 37 heavy (non-hydrogen) atoms. The van der Waals surface area contributed by atoms with E-state index in [1.165, 1.54) is 18.9 Å². The molecule has 190 valence electrons. The molecular weight excluding hydrogens is 748 g/mol. The quantitative estimate of drug-likeness (QED) is 0.110. The Balaban J connectivity index is 1.59. The SMILES string of the molecule is COc1cc(/C=C2/SC(=Nc3cccc(I)c3)NC2=O)cc(I)c1OS(=O)(=O)c1ccc([N+](=O)[O-])cc1. The molecule has 3 aromatic carbocycles. The van der Waals surface area contributed by atoms with E-state index in [-0.39, 0.29) is 28.0 Å². The van der Waals surface area contributed by atoms with Crippen LogP contribution in [0.2, 0.25) is 0 Å². The zero-order chi connectivity index (χ0) is 26.7. The Labute approximate surface area is 243 Å². The minimum atomic E-state index is -4.30. The summed E-state index contributed by atoms with van der Waals surface area (Å²) in [4.78, 5) is 27.3. The van der Waals surface area contributed by atoms with Gasteiger partial charge in [-0.2, -0.15) is 8.42 Å². The summed E-state index contributed by atoms with van der Waals surface area (Å²) in [6, 6.07) is 15.1. The first-order chi connectivity index (χ1) is 17.6. The first-order valence-corrected chi connectivity index (χ1v) is 14.6. The molecule has 10 nitrogen and oxygen atoms in total. The molecule has 14 heteroatoms. The van der Waals surface area contributed by atoms with Crippen molar-refractivity contribution in [3.05, 3.63) is 88.4 Å². The van der Waals surface area contributed by atoms with Crippen molar-refractivity contribution in [3.63, 3.8) is 0 Å². The van der Waals surface area contributed by atoms with Gasteiger partial charge >= 0.3 is 10.1 Å². The number of carbonyl (C=O) groups is 1. The van der Waals surface area contributed by atoms with Crippen LogP contribution in [0.4, 0.5) is 11.4 Å². The minimum absolute atomic E-state index is 0.0481. The molecule has 0 spiro atoms. The summed E-state index contributed by atoms with van der Waals surface area (Å²) in [6.07, 6.45) is 1.64. The molecule has 1 saturated heterocycles. The molecule has 3 aromatic rings. The predicted octanol–water partition coefficient (Wildman–Crippen LogP) is 5.47. The van der Waals surface area contributed by atoms with Crippen LogP contribution in [0.15, 0.2) is 75.5 Å². The lowest BCUT2D eigenvalue weighted by Gasteiger charge is -2.13. The maximum Gasteiger partial charge on any atom is 0.339 e. The van der Waals surface area contributed by atoms with Gasteiger partial charge in [-0.1, -0.05) is 6.07 Å². The summed E-state index contributed by atoms with van der Waals surface area (Å²) >= 11 is 5.26. The van der Waals surface area contributed by atoms with Crippen molar-refractivity contribution >= 4 is 95.6 Å². The zero-order valence-electron chi connectivity index (χ0n) is 18.7. The fraction of sp³-hybridized carbons (Fsp3) is 0.0435. The summed E-state index contributed by atoms with van der Waals surface area (Å²) in [5.74, 6) is -0.238. The van der Waals surface area contributed by atoms with Crippen LogP contribution in [-0.4, -0.2) is 31.5 Å². The Bertz CT molecular complexity index is 1570. The van der Waals surface area contributed by atoms with Gasteiger partial charge in [-0.05, 0) is 111 Å². The largest absolute Gasteiger partial charge is 0.493 e. The van der Waals surface area contributed by atoms with E-state index < -0.39 is 15.0 Å². The number of nitro groups is 1. The average Bonchev–Trinajstić information content (AvgIpc) is 3.18. The number of nitrogens with one attached hydrogen (secondary N) is 1. The number of ether oxygens (including phenoxy) is 1. The number of amides is 1. The van der Waals surface area contributed by atoms with E-state index in [4.69, 9.17) is 8.92 Å². The number of halogens is 2. The summed E-state index contributed by atoms with van der Waals surface area (Å²) in [5, 5.41) is 14.0. The average molecular weight is 763 g/mol. The lowest BCUT2D eigenvalue weighted by molar-refractivity contribution is -0.384. The van der Waals surface area contributed by atoms with Crippen molar-refractivity contribution < 1.29 is 27.1 Å². The number of rotatable bonds is 7. The maximum absolute atomic E-state index is 12.8. The van der Waals surface area contributed by atoms with Crippen LogP contribution in [0.5, 0.6) is 11.5 Å². The Morgan fingerprint density at radius 1 is 1.11 bits per heavy atom. The van der Waals surface area contributed by atoms with Gasteiger partial charge in [0.15, 0.2) is 16.7 Å². The second-order valence-corrected chi connectivity index (χ2v) is 12.3. The van der Waals surface area contributed by atoms with E-state index in [0.29, 0.717) is 24.9 Å². The van der Waals surface area contributed by atoms with Crippen LogP contribution < -0.4 is 14.2 Å². The number of hydrogen-bond acceptors (Lipinski definition) is 9. The zero-order valence-corrected chi connectivity index (χ0v) is 24.6. The van der Waals surface area contributed by atoms with Crippen molar-refractivity contribution in [3.8, 4) is 11.5 Å². The third kappa shape index (κ3) is 6.60. The van der Waals surface area contributed by atoms with E-state index >= 15 is 0 Å². The third-order valence-electron chi connectivity index (χ3n) is 4.77. The van der Waals surface area contributed by atoms with Crippen LogP contribution in [-0.2, 0) is 14.9 Å². The highest BCUT2D eigenvalue weighted by Gasteiger charge is 2.26. The van der Waals surface area contributed by atoms with Crippen molar-refractivity contribution in [2.45, 2.75) is 4.90 Å². The lowest BCUT2D eigenvalue weighted by Crippen LogP contribution is -2.19. The Morgan fingerprint density at radius 3 is 2.49 bits per heavy atom. The second-order valence-electron chi connectivity index (χ2n) is 7.28. The molecule has 0 aromatic heterocycles. The van der Waals surface area contributed by atoms with Crippen molar-refractivity contribution in [1.29, 1.82) is 0 Å². The molecule has 0 atom stereocenters. The van der Waals surface area contributed by atoms with Gasteiger partial charge in [-0.15, -0.1) is 0 Å².